The van der Waals surface area contributed by atoms with Crippen LogP contribution in [0, 0.1) is 11.8 Å². The van der Waals surface area contributed by atoms with Gasteiger partial charge >= 0.3 is 12.2 Å². The fourth-order valence-electron chi connectivity index (χ4n) is 9.26. The number of benzene rings is 2. The SMILES string of the molecule is COC(=O)N[C@H](C(=O)N1CCC[C@H]1C(=O)NC1=CC/C(=C2/CC[C@H](c3ccc(NC(=O)[C@@H]4CCCN4C(=O)[C@@H](NC(=O)OC)C(C)C)cc3)N2c2ccc(C(C)(C)C)cc2)C=C1)C(C)C. The number of hydrogen-bond acceptors (Lipinski definition) is 9. The summed E-state index contributed by atoms with van der Waals surface area (Å²) in [5.74, 6) is -1.53. The second-order valence-electron chi connectivity index (χ2n) is 19.1. The number of methoxy groups -OCH3 is 2. The molecule has 2 aromatic carbocycles. The smallest absolute Gasteiger partial charge is 0.407 e. The van der Waals surface area contributed by atoms with E-state index in [9.17, 15) is 28.8 Å². The number of likely N-dealkylation sites (tertiary alicyclic amines) is 2. The van der Waals surface area contributed by atoms with Crippen LogP contribution >= 0.6 is 0 Å². The molecule has 0 spiro atoms. The van der Waals surface area contributed by atoms with Gasteiger partial charge in [-0.25, -0.2) is 9.59 Å². The Morgan fingerprint density at radius 2 is 1.20 bits per heavy atom. The average Bonchev–Trinajstić information content (AvgIpc) is 4.08. The Balaban J connectivity index is 1.17. The lowest BCUT2D eigenvalue weighted by Crippen LogP contribution is -2.55. The largest absolute Gasteiger partial charge is 0.453 e. The van der Waals surface area contributed by atoms with E-state index >= 15 is 0 Å². The highest BCUT2D eigenvalue weighted by atomic mass is 16.5. The number of nitrogens with zero attached hydrogens (tertiary/aromatic N) is 3. The van der Waals surface area contributed by atoms with Crippen LogP contribution in [0.15, 0.2) is 83.7 Å². The second kappa shape index (κ2) is 20.8. The highest BCUT2D eigenvalue weighted by Crippen LogP contribution is 2.45. The molecule has 15 heteroatoms. The van der Waals surface area contributed by atoms with E-state index in [0.29, 0.717) is 56.6 Å². The molecular formula is C50H67N7O8. The van der Waals surface area contributed by atoms with E-state index in [1.165, 1.54) is 25.5 Å². The Labute approximate surface area is 383 Å². The third kappa shape index (κ3) is 11.2. The molecule has 6 amide bonds. The first-order valence-corrected chi connectivity index (χ1v) is 22.9. The summed E-state index contributed by atoms with van der Waals surface area (Å²) >= 11 is 0. The Morgan fingerprint density at radius 3 is 1.66 bits per heavy atom. The standard InChI is InChI=1S/C50H67N7O8/c1-30(2)42(53-48(62)64-8)46(60)55-28-10-12-40(55)44(58)51-35-20-14-32(15-21-35)38-26-27-39(57(38)37-24-18-34(19-25-37)50(5,6)7)33-16-22-36(23-17-33)52-45(59)41-13-11-29-56(41)47(61)43(31(3)4)54-49(63)65-9/h14-16,18-25,30-31,38,40-43H,10-13,17,26-29H2,1-9H3,(H,51,58)(H,52,59)(H,53,62)(H,54,63)/b39-33-/t38-,40+,41+,42+,43+/m1/s1. The number of alkyl carbamates (subject to hydrolysis) is 2. The van der Waals surface area contributed by atoms with Crippen molar-refractivity contribution in [3.8, 4) is 0 Å². The van der Waals surface area contributed by atoms with Crippen molar-refractivity contribution in [3.05, 3.63) is 94.9 Å². The summed E-state index contributed by atoms with van der Waals surface area (Å²) in [5.41, 5.74) is 6.99. The van der Waals surface area contributed by atoms with E-state index in [0.717, 1.165) is 29.7 Å². The predicted octanol–water partition coefficient (Wildman–Crippen LogP) is 7.22. The molecule has 1 aliphatic carbocycles. The molecule has 0 aromatic heterocycles. The molecule has 3 fully saturated rings. The van der Waals surface area contributed by atoms with Gasteiger partial charge in [-0.15, -0.1) is 0 Å². The van der Waals surface area contributed by atoms with Gasteiger partial charge in [-0.1, -0.05) is 84.9 Å². The molecule has 3 heterocycles. The molecule has 5 atom stereocenters. The zero-order valence-electron chi connectivity index (χ0n) is 39.4. The molecule has 4 N–H and O–H groups in total. The lowest BCUT2D eigenvalue weighted by atomic mass is 9.87. The Hall–Kier alpha value is -6.12. The van der Waals surface area contributed by atoms with Crippen molar-refractivity contribution in [3.63, 3.8) is 0 Å². The van der Waals surface area contributed by atoms with Crippen LogP contribution in [0.2, 0.25) is 0 Å². The summed E-state index contributed by atoms with van der Waals surface area (Å²) in [6.07, 6.45) is 9.31. The van der Waals surface area contributed by atoms with E-state index in [4.69, 9.17) is 9.47 Å². The zero-order valence-corrected chi connectivity index (χ0v) is 39.4. The van der Waals surface area contributed by atoms with Crippen LogP contribution in [0.3, 0.4) is 0 Å². The number of allylic oxidation sites excluding steroid dienone is 5. The van der Waals surface area contributed by atoms with Gasteiger partial charge in [0.2, 0.25) is 23.6 Å². The first-order chi connectivity index (χ1) is 30.9. The van der Waals surface area contributed by atoms with Crippen LogP contribution in [0.1, 0.15) is 111 Å². The minimum atomic E-state index is -0.813. The van der Waals surface area contributed by atoms with E-state index in [1.807, 2.05) is 64.1 Å². The van der Waals surface area contributed by atoms with Gasteiger partial charge in [0.15, 0.2) is 0 Å². The van der Waals surface area contributed by atoms with Crippen molar-refractivity contribution >= 4 is 47.2 Å². The molecule has 350 valence electrons. The molecule has 6 rings (SSSR count). The quantitative estimate of drug-likeness (QED) is 0.171. The number of rotatable bonds is 12. The molecular weight excluding hydrogens is 827 g/mol. The summed E-state index contributed by atoms with van der Waals surface area (Å²) in [4.78, 5) is 84.1. The summed E-state index contributed by atoms with van der Waals surface area (Å²) in [5, 5.41) is 11.4. The average molecular weight is 894 g/mol. The van der Waals surface area contributed by atoms with E-state index in [1.54, 1.807) is 9.80 Å². The van der Waals surface area contributed by atoms with Crippen molar-refractivity contribution < 1.29 is 38.2 Å². The van der Waals surface area contributed by atoms with Crippen molar-refractivity contribution in [1.82, 2.24) is 25.8 Å². The third-order valence-corrected chi connectivity index (χ3v) is 12.9. The molecule has 0 unspecified atom stereocenters. The van der Waals surface area contributed by atoms with Gasteiger partial charge in [0.25, 0.3) is 0 Å². The van der Waals surface area contributed by atoms with Crippen molar-refractivity contribution in [2.45, 2.75) is 129 Å². The second-order valence-corrected chi connectivity index (χ2v) is 19.1. The first-order valence-electron chi connectivity index (χ1n) is 22.9. The highest BCUT2D eigenvalue weighted by Gasteiger charge is 2.41. The van der Waals surface area contributed by atoms with Gasteiger partial charge in [0, 0.05) is 35.9 Å². The van der Waals surface area contributed by atoms with Gasteiger partial charge in [-0.05, 0) is 109 Å². The van der Waals surface area contributed by atoms with Crippen LogP contribution in [0.4, 0.5) is 21.0 Å². The van der Waals surface area contributed by atoms with Gasteiger partial charge in [-0.3, -0.25) is 19.2 Å². The predicted molar refractivity (Wildman–Crippen MR) is 249 cm³/mol. The molecule has 15 nitrogen and oxygen atoms in total. The minimum Gasteiger partial charge on any atom is -0.453 e. The van der Waals surface area contributed by atoms with Gasteiger partial charge < -0.3 is 45.4 Å². The first kappa shape index (κ1) is 48.3. The number of amides is 6. The van der Waals surface area contributed by atoms with Crippen LogP contribution < -0.4 is 26.2 Å². The van der Waals surface area contributed by atoms with Crippen LogP contribution in [-0.4, -0.2) is 97.1 Å². The number of anilines is 2. The molecule has 3 aliphatic heterocycles. The Morgan fingerprint density at radius 1 is 0.677 bits per heavy atom. The van der Waals surface area contributed by atoms with E-state index in [-0.39, 0.29) is 46.9 Å². The van der Waals surface area contributed by atoms with E-state index in [2.05, 4.69) is 77.3 Å². The molecule has 65 heavy (non-hydrogen) atoms. The van der Waals surface area contributed by atoms with Crippen molar-refractivity contribution in [2.75, 3.05) is 37.5 Å². The minimum absolute atomic E-state index is 0.00802. The normalized spacial score (nSPS) is 21.8. The Bertz CT molecular complexity index is 2190. The van der Waals surface area contributed by atoms with Crippen LogP contribution in [0.5, 0.6) is 0 Å². The molecule has 4 aliphatic rings. The summed E-state index contributed by atoms with van der Waals surface area (Å²) in [7, 11) is 2.50. The van der Waals surface area contributed by atoms with Gasteiger partial charge in [-0.2, -0.15) is 0 Å². The highest BCUT2D eigenvalue weighted by molar-refractivity contribution is 5.99. The molecule has 2 aromatic rings. The molecule has 0 radical (unpaired) electrons. The maximum Gasteiger partial charge on any atom is 0.407 e. The molecule has 3 saturated heterocycles. The fraction of sp³-hybridized carbons (Fsp3) is 0.520. The van der Waals surface area contributed by atoms with E-state index < -0.39 is 36.4 Å². The number of carbonyl (C=O) groups is 6. The lowest BCUT2D eigenvalue weighted by Gasteiger charge is -2.31. The monoisotopic (exact) mass is 894 g/mol. The molecule has 0 saturated carbocycles. The molecule has 0 bridgehead atoms. The number of hydrogen-bond donors (Lipinski definition) is 4. The Kier molecular flexibility index (Phi) is 15.5. The van der Waals surface area contributed by atoms with Crippen molar-refractivity contribution in [2.24, 2.45) is 11.8 Å². The zero-order chi connectivity index (χ0) is 47.2. The van der Waals surface area contributed by atoms with Crippen LogP contribution in [-0.2, 0) is 34.1 Å². The van der Waals surface area contributed by atoms with Crippen LogP contribution in [0.25, 0.3) is 0 Å². The lowest BCUT2D eigenvalue weighted by molar-refractivity contribution is -0.140. The number of ether oxygens (including phenoxy) is 2. The van der Waals surface area contributed by atoms with Gasteiger partial charge in [0.1, 0.15) is 24.2 Å². The summed E-state index contributed by atoms with van der Waals surface area (Å²) in [6, 6.07) is 13.7. The summed E-state index contributed by atoms with van der Waals surface area (Å²) in [6.45, 7) is 14.8. The fourth-order valence-corrected chi connectivity index (χ4v) is 9.26. The van der Waals surface area contributed by atoms with Gasteiger partial charge in [0.05, 0.1) is 20.3 Å². The third-order valence-electron chi connectivity index (χ3n) is 12.9. The summed E-state index contributed by atoms with van der Waals surface area (Å²) < 4.78 is 9.49. The maximum atomic E-state index is 13.7. The number of carbonyl (C=O) groups excluding carboxylic acids is 6. The topological polar surface area (TPSA) is 179 Å². The maximum absolute atomic E-state index is 13.7. The number of nitrogens with one attached hydrogen (secondary N) is 4. The van der Waals surface area contributed by atoms with Crippen molar-refractivity contribution in [1.29, 1.82) is 0 Å².